The van der Waals surface area contributed by atoms with Crippen LogP contribution in [-0.2, 0) is 9.31 Å². The summed E-state index contributed by atoms with van der Waals surface area (Å²) in [6, 6.07) is 0. The van der Waals surface area contributed by atoms with Crippen molar-refractivity contribution in [1.82, 2.24) is 0 Å². The van der Waals surface area contributed by atoms with E-state index >= 15 is 0 Å². The van der Waals surface area contributed by atoms with Crippen LogP contribution in [0.15, 0.2) is 0 Å². The van der Waals surface area contributed by atoms with Gasteiger partial charge < -0.3 is 14.3 Å². The van der Waals surface area contributed by atoms with Gasteiger partial charge >= 0.3 is 7.32 Å². The Labute approximate surface area is 109 Å². The topological polar surface area (TPSA) is 38.7 Å². The largest absolute Gasteiger partial charge is 0.637 e. The normalized spacial score (nSPS) is 49.2. The van der Waals surface area contributed by atoms with Crippen molar-refractivity contribution >= 4 is 7.32 Å². The van der Waals surface area contributed by atoms with Gasteiger partial charge in [-0.15, -0.1) is 0 Å². The molecule has 4 rings (SSSR count). The van der Waals surface area contributed by atoms with Crippen molar-refractivity contribution in [3.63, 3.8) is 0 Å². The molecule has 0 unspecified atom stereocenters. The van der Waals surface area contributed by atoms with Crippen LogP contribution in [0.25, 0.3) is 0 Å². The summed E-state index contributed by atoms with van der Waals surface area (Å²) in [4.78, 5) is 0. The van der Waals surface area contributed by atoms with Crippen molar-refractivity contribution in [1.29, 1.82) is 0 Å². The summed E-state index contributed by atoms with van der Waals surface area (Å²) in [5, 5.41) is 10.2. The first kappa shape index (κ1) is 11.7. The SMILES string of the molecule is OB(OC12CCC(CC1)C2)OC12CCC(CC1)C2. The lowest BCUT2D eigenvalue weighted by molar-refractivity contribution is -0.0368. The Morgan fingerprint density at radius 2 is 1.17 bits per heavy atom. The molecular formula is C14H23BO3. The summed E-state index contributed by atoms with van der Waals surface area (Å²) in [7, 11) is -0.987. The maximum absolute atomic E-state index is 10.2. The molecule has 4 heteroatoms. The number of fused-ring (bicyclic) bond motifs is 4. The van der Waals surface area contributed by atoms with E-state index in [1.54, 1.807) is 0 Å². The average Bonchev–Trinajstić information content (AvgIpc) is 3.06. The van der Waals surface area contributed by atoms with Crippen LogP contribution >= 0.6 is 0 Å². The fraction of sp³-hybridized carbons (Fsp3) is 1.00. The predicted octanol–water partition coefficient (Wildman–Crippen LogP) is 2.66. The van der Waals surface area contributed by atoms with Gasteiger partial charge in [0.05, 0.1) is 11.2 Å². The van der Waals surface area contributed by atoms with E-state index in [-0.39, 0.29) is 11.2 Å². The van der Waals surface area contributed by atoms with Crippen LogP contribution in [0.4, 0.5) is 0 Å². The van der Waals surface area contributed by atoms with Gasteiger partial charge in [0.1, 0.15) is 0 Å². The van der Waals surface area contributed by atoms with Crippen LogP contribution < -0.4 is 0 Å². The van der Waals surface area contributed by atoms with Gasteiger partial charge in [0.25, 0.3) is 0 Å². The molecule has 4 bridgehead atoms. The van der Waals surface area contributed by atoms with E-state index in [2.05, 4.69) is 0 Å². The fourth-order valence-corrected chi connectivity index (χ4v) is 5.06. The molecule has 0 aliphatic heterocycles. The molecule has 4 fully saturated rings. The minimum atomic E-state index is -0.987. The van der Waals surface area contributed by atoms with E-state index in [4.69, 9.17) is 9.31 Å². The maximum Gasteiger partial charge on any atom is 0.637 e. The van der Waals surface area contributed by atoms with Crippen LogP contribution in [0.3, 0.4) is 0 Å². The Morgan fingerprint density at radius 1 is 0.778 bits per heavy atom. The highest BCUT2D eigenvalue weighted by molar-refractivity contribution is 6.35. The summed E-state index contributed by atoms with van der Waals surface area (Å²) >= 11 is 0. The van der Waals surface area contributed by atoms with E-state index in [0.29, 0.717) is 0 Å². The summed E-state index contributed by atoms with van der Waals surface area (Å²) in [6.07, 6.45) is 11.9. The minimum Gasteiger partial charge on any atom is -0.402 e. The molecule has 0 saturated heterocycles. The van der Waals surface area contributed by atoms with Crippen LogP contribution in [0, 0.1) is 11.8 Å². The molecule has 3 nitrogen and oxygen atoms in total. The first-order valence-corrected chi connectivity index (χ1v) is 7.71. The Hall–Kier alpha value is -0.0551. The van der Waals surface area contributed by atoms with Gasteiger partial charge in [-0.1, -0.05) is 0 Å². The second-order valence-electron chi connectivity index (χ2n) is 7.20. The highest BCUT2D eigenvalue weighted by Gasteiger charge is 2.52. The molecule has 0 aromatic rings. The third kappa shape index (κ3) is 1.84. The van der Waals surface area contributed by atoms with Crippen molar-refractivity contribution in [3.8, 4) is 0 Å². The van der Waals surface area contributed by atoms with E-state index in [9.17, 15) is 5.02 Å². The van der Waals surface area contributed by atoms with E-state index in [0.717, 1.165) is 50.4 Å². The van der Waals surface area contributed by atoms with E-state index in [1.165, 1.54) is 25.7 Å². The molecule has 18 heavy (non-hydrogen) atoms. The minimum absolute atomic E-state index is 0.0443. The number of rotatable bonds is 4. The van der Waals surface area contributed by atoms with Gasteiger partial charge in [0.15, 0.2) is 0 Å². The second-order valence-corrected chi connectivity index (χ2v) is 7.20. The highest BCUT2D eigenvalue weighted by Crippen LogP contribution is 2.52. The van der Waals surface area contributed by atoms with Gasteiger partial charge in [0.2, 0.25) is 0 Å². The highest BCUT2D eigenvalue weighted by atomic mass is 16.7. The predicted molar refractivity (Wildman–Crippen MR) is 68.8 cm³/mol. The summed E-state index contributed by atoms with van der Waals surface area (Å²) < 4.78 is 11.9. The van der Waals surface area contributed by atoms with Crippen LogP contribution in [0.2, 0.25) is 0 Å². The first-order valence-electron chi connectivity index (χ1n) is 7.71. The van der Waals surface area contributed by atoms with Crippen LogP contribution in [0.1, 0.15) is 64.2 Å². The van der Waals surface area contributed by atoms with Gasteiger partial charge in [-0.2, -0.15) is 0 Å². The van der Waals surface area contributed by atoms with E-state index < -0.39 is 7.32 Å². The Kier molecular flexibility index (Phi) is 2.59. The molecule has 4 aliphatic carbocycles. The molecule has 0 heterocycles. The quantitative estimate of drug-likeness (QED) is 0.779. The molecule has 0 radical (unpaired) electrons. The molecule has 0 amide bonds. The molecule has 100 valence electrons. The molecular weight excluding hydrogens is 227 g/mol. The van der Waals surface area contributed by atoms with Gasteiger partial charge in [0, 0.05) is 0 Å². The van der Waals surface area contributed by atoms with Gasteiger partial charge in [-0.25, -0.2) is 0 Å². The Morgan fingerprint density at radius 3 is 1.44 bits per heavy atom. The Bertz CT molecular complexity index is 298. The summed E-state index contributed by atoms with van der Waals surface area (Å²) in [5.41, 5.74) is -0.0886. The number of hydrogen-bond acceptors (Lipinski definition) is 3. The van der Waals surface area contributed by atoms with Crippen molar-refractivity contribution in [2.24, 2.45) is 11.8 Å². The molecule has 0 aromatic carbocycles. The third-order valence-corrected chi connectivity index (χ3v) is 6.06. The monoisotopic (exact) mass is 250 g/mol. The molecule has 0 spiro atoms. The third-order valence-electron chi connectivity index (χ3n) is 6.06. The maximum atomic E-state index is 10.2. The summed E-state index contributed by atoms with van der Waals surface area (Å²) in [5.74, 6) is 1.69. The lowest BCUT2D eigenvalue weighted by atomic mass is 9.93. The fourth-order valence-electron chi connectivity index (χ4n) is 5.06. The lowest BCUT2D eigenvalue weighted by Crippen LogP contribution is -2.43. The molecule has 4 aliphatic rings. The van der Waals surface area contributed by atoms with Crippen molar-refractivity contribution in [2.75, 3.05) is 0 Å². The average molecular weight is 250 g/mol. The molecule has 0 aromatic heterocycles. The van der Waals surface area contributed by atoms with Gasteiger partial charge in [-0.05, 0) is 76.0 Å². The zero-order valence-electron chi connectivity index (χ0n) is 11.1. The van der Waals surface area contributed by atoms with Gasteiger partial charge in [-0.3, -0.25) is 0 Å². The molecule has 1 N–H and O–H groups in total. The first-order chi connectivity index (χ1) is 8.67. The second kappa shape index (κ2) is 3.97. The zero-order chi connectivity index (χ0) is 12.2. The summed E-state index contributed by atoms with van der Waals surface area (Å²) in [6.45, 7) is 0. The number of hydrogen-bond donors (Lipinski definition) is 1. The van der Waals surface area contributed by atoms with Crippen LogP contribution in [0.5, 0.6) is 0 Å². The molecule has 4 saturated carbocycles. The smallest absolute Gasteiger partial charge is 0.402 e. The van der Waals surface area contributed by atoms with Crippen LogP contribution in [-0.4, -0.2) is 23.5 Å². The lowest BCUT2D eigenvalue weighted by Gasteiger charge is -2.33. The Balaban J connectivity index is 1.38. The van der Waals surface area contributed by atoms with Crippen molar-refractivity contribution < 1.29 is 14.3 Å². The standard InChI is InChI=1S/C14H23BO3/c16-15(17-13-5-1-11(9-13)2-6-13)18-14-7-3-12(10-14)4-8-14/h11-12,16H,1-10H2. The zero-order valence-corrected chi connectivity index (χ0v) is 11.1. The van der Waals surface area contributed by atoms with Crippen molar-refractivity contribution in [3.05, 3.63) is 0 Å². The van der Waals surface area contributed by atoms with Crippen molar-refractivity contribution in [2.45, 2.75) is 75.4 Å². The van der Waals surface area contributed by atoms with E-state index in [1.807, 2.05) is 0 Å². The molecule has 0 atom stereocenters.